The maximum atomic E-state index is 10.00. The molecule has 0 spiro atoms. The fourth-order valence-electron chi connectivity index (χ4n) is 0.290. The smallest absolute Gasteiger partial charge is 0.404 e. The summed E-state index contributed by atoms with van der Waals surface area (Å²) in [5.74, 6) is 0. The summed E-state index contributed by atoms with van der Waals surface area (Å²) in [7, 11) is 0. The largest absolute Gasteiger partial charge is 0.449 e. The standard InChI is InChI=1S/C5H10BrNO2/c1-2-4(6)3-9-5(7)8/h4H,2-3H2,1H3,(H2,7,8). The van der Waals surface area contributed by atoms with Crippen molar-refractivity contribution in [3.8, 4) is 0 Å². The van der Waals surface area contributed by atoms with Crippen LogP contribution in [0.4, 0.5) is 4.79 Å². The molecular weight excluding hydrogens is 186 g/mol. The van der Waals surface area contributed by atoms with E-state index in [4.69, 9.17) is 5.73 Å². The minimum absolute atomic E-state index is 0.227. The van der Waals surface area contributed by atoms with Gasteiger partial charge in [0.2, 0.25) is 0 Å². The van der Waals surface area contributed by atoms with Crippen LogP contribution < -0.4 is 5.73 Å². The Morgan fingerprint density at radius 1 is 1.89 bits per heavy atom. The van der Waals surface area contributed by atoms with Crippen LogP contribution in [-0.2, 0) is 4.74 Å². The van der Waals surface area contributed by atoms with Gasteiger partial charge < -0.3 is 10.5 Å². The van der Waals surface area contributed by atoms with Gasteiger partial charge in [-0.05, 0) is 6.42 Å². The predicted octanol–water partition coefficient (Wildman–Crippen LogP) is 1.26. The van der Waals surface area contributed by atoms with E-state index < -0.39 is 6.09 Å². The summed E-state index contributed by atoms with van der Waals surface area (Å²) < 4.78 is 4.49. The number of rotatable bonds is 3. The first-order valence-corrected chi connectivity index (χ1v) is 3.64. The van der Waals surface area contributed by atoms with Gasteiger partial charge >= 0.3 is 6.09 Å². The molecule has 0 heterocycles. The molecule has 1 atom stereocenters. The summed E-state index contributed by atoms with van der Waals surface area (Å²) in [4.78, 5) is 10.2. The van der Waals surface area contributed by atoms with Crippen molar-refractivity contribution in [2.75, 3.05) is 6.61 Å². The molecule has 1 amide bonds. The van der Waals surface area contributed by atoms with Gasteiger partial charge in [0.25, 0.3) is 0 Å². The topological polar surface area (TPSA) is 52.3 Å². The highest BCUT2D eigenvalue weighted by Gasteiger charge is 2.01. The van der Waals surface area contributed by atoms with Crippen LogP contribution in [0.5, 0.6) is 0 Å². The van der Waals surface area contributed by atoms with Gasteiger partial charge in [-0.15, -0.1) is 0 Å². The Labute approximate surface area is 62.7 Å². The summed E-state index contributed by atoms with van der Waals surface area (Å²) >= 11 is 3.27. The Bertz CT molecular complexity index is 97.0. The van der Waals surface area contributed by atoms with Crippen molar-refractivity contribution >= 4 is 22.0 Å². The highest BCUT2D eigenvalue weighted by Crippen LogP contribution is 2.03. The van der Waals surface area contributed by atoms with Crippen molar-refractivity contribution in [1.29, 1.82) is 0 Å². The zero-order valence-corrected chi connectivity index (χ0v) is 6.85. The number of ether oxygens (including phenoxy) is 1. The van der Waals surface area contributed by atoms with Gasteiger partial charge in [0.1, 0.15) is 6.61 Å². The second-order valence-electron chi connectivity index (χ2n) is 1.64. The van der Waals surface area contributed by atoms with E-state index >= 15 is 0 Å². The maximum absolute atomic E-state index is 10.00. The van der Waals surface area contributed by atoms with E-state index in [0.717, 1.165) is 6.42 Å². The Morgan fingerprint density at radius 3 is 2.78 bits per heavy atom. The first kappa shape index (κ1) is 8.75. The third kappa shape index (κ3) is 5.62. The number of hydrogen-bond acceptors (Lipinski definition) is 2. The number of nitrogens with two attached hydrogens (primary N) is 1. The van der Waals surface area contributed by atoms with Crippen molar-refractivity contribution in [3.63, 3.8) is 0 Å². The molecule has 1 unspecified atom stereocenters. The zero-order chi connectivity index (χ0) is 7.28. The van der Waals surface area contributed by atoms with Crippen molar-refractivity contribution in [1.82, 2.24) is 0 Å². The summed E-state index contributed by atoms with van der Waals surface area (Å²) in [6.07, 6.45) is 0.209. The monoisotopic (exact) mass is 195 g/mol. The van der Waals surface area contributed by atoms with Crippen LogP contribution in [0.1, 0.15) is 13.3 Å². The quantitative estimate of drug-likeness (QED) is 0.690. The molecule has 0 aliphatic carbocycles. The minimum Gasteiger partial charge on any atom is -0.449 e. The number of alkyl halides is 1. The van der Waals surface area contributed by atoms with E-state index in [1.54, 1.807) is 0 Å². The van der Waals surface area contributed by atoms with Gasteiger partial charge in [-0.25, -0.2) is 4.79 Å². The van der Waals surface area contributed by atoms with Gasteiger partial charge in [-0.2, -0.15) is 0 Å². The lowest BCUT2D eigenvalue weighted by atomic mass is 10.4. The Balaban J connectivity index is 3.16. The third-order valence-corrected chi connectivity index (χ3v) is 1.76. The van der Waals surface area contributed by atoms with E-state index in [0.29, 0.717) is 6.61 Å². The number of amides is 1. The van der Waals surface area contributed by atoms with Crippen molar-refractivity contribution < 1.29 is 9.53 Å². The molecule has 3 nitrogen and oxygen atoms in total. The van der Waals surface area contributed by atoms with Crippen molar-refractivity contribution in [2.45, 2.75) is 18.2 Å². The Morgan fingerprint density at radius 2 is 2.44 bits per heavy atom. The molecule has 0 aliphatic heterocycles. The Kier molecular flexibility index (Phi) is 4.48. The first-order valence-electron chi connectivity index (χ1n) is 2.73. The molecular formula is C5H10BrNO2. The van der Waals surface area contributed by atoms with Crippen molar-refractivity contribution in [2.24, 2.45) is 5.73 Å². The van der Waals surface area contributed by atoms with Gasteiger partial charge in [-0.3, -0.25) is 0 Å². The van der Waals surface area contributed by atoms with Gasteiger partial charge in [-0.1, -0.05) is 22.9 Å². The van der Waals surface area contributed by atoms with E-state index in [1.165, 1.54) is 0 Å². The van der Waals surface area contributed by atoms with E-state index in [2.05, 4.69) is 20.7 Å². The number of primary amides is 1. The molecule has 2 N–H and O–H groups in total. The molecule has 4 heteroatoms. The molecule has 0 rings (SSSR count). The molecule has 0 aromatic heterocycles. The zero-order valence-electron chi connectivity index (χ0n) is 5.26. The lowest BCUT2D eigenvalue weighted by Crippen LogP contribution is -2.18. The van der Waals surface area contributed by atoms with Crippen LogP contribution in [0.15, 0.2) is 0 Å². The van der Waals surface area contributed by atoms with Gasteiger partial charge in [0.05, 0.1) is 0 Å². The normalized spacial score (nSPS) is 12.7. The van der Waals surface area contributed by atoms with Gasteiger partial charge in [0.15, 0.2) is 0 Å². The van der Waals surface area contributed by atoms with Crippen LogP contribution in [0.2, 0.25) is 0 Å². The SMILES string of the molecule is CCC(Br)COC(N)=O. The highest BCUT2D eigenvalue weighted by molar-refractivity contribution is 9.09. The maximum Gasteiger partial charge on any atom is 0.404 e. The molecule has 0 saturated carbocycles. The highest BCUT2D eigenvalue weighted by atomic mass is 79.9. The molecule has 0 aromatic carbocycles. The molecule has 0 saturated heterocycles. The first-order chi connectivity index (χ1) is 4.16. The second-order valence-corrected chi connectivity index (χ2v) is 2.93. The summed E-state index contributed by atoms with van der Waals surface area (Å²) in [5.41, 5.74) is 4.71. The average molecular weight is 196 g/mol. The predicted molar refractivity (Wildman–Crippen MR) is 38.5 cm³/mol. The van der Waals surface area contributed by atoms with E-state index in [-0.39, 0.29) is 4.83 Å². The molecule has 0 bridgehead atoms. The molecule has 9 heavy (non-hydrogen) atoms. The number of carbonyl (C=O) groups excluding carboxylic acids is 1. The lowest BCUT2D eigenvalue weighted by Gasteiger charge is -2.04. The minimum atomic E-state index is -0.715. The summed E-state index contributed by atoms with van der Waals surface area (Å²) in [6, 6.07) is 0. The fourth-order valence-corrected chi connectivity index (χ4v) is 0.423. The third-order valence-electron chi connectivity index (χ3n) is 0.849. The number of carbonyl (C=O) groups is 1. The molecule has 0 fully saturated rings. The molecule has 0 radical (unpaired) electrons. The summed E-state index contributed by atoms with van der Waals surface area (Å²) in [6.45, 7) is 2.34. The molecule has 0 aromatic rings. The van der Waals surface area contributed by atoms with Crippen LogP contribution in [0, 0.1) is 0 Å². The Hall–Kier alpha value is -0.250. The molecule has 54 valence electrons. The van der Waals surface area contributed by atoms with Crippen molar-refractivity contribution in [3.05, 3.63) is 0 Å². The van der Waals surface area contributed by atoms with Crippen LogP contribution in [0.3, 0.4) is 0 Å². The van der Waals surface area contributed by atoms with Gasteiger partial charge in [0, 0.05) is 4.83 Å². The van der Waals surface area contributed by atoms with Crippen LogP contribution in [-0.4, -0.2) is 17.5 Å². The number of halogens is 1. The van der Waals surface area contributed by atoms with Crippen LogP contribution in [0.25, 0.3) is 0 Å². The lowest BCUT2D eigenvalue weighted by molar-refractivity contribution is 0.157. The number of hydrogen-bond donors (Lipinski definition) is 1. The van der Waals surface area contributed by atoms with E-state index in [9.17, 15) is 4.79 Å². The second kappa shape index (κ2) is 4.61. The van der Waals surface area contributed by atoms with E-state index in [1.807, 2.05) is 6.92 Å². The summed E-state index contributed by atoms with van der Waals surface area (Å²) in [5, 5.41) is 0. The van der Waals surface area contributed by atoms with Crippen LogP contribution >= 0.6 is 15.9 Å². The average Bonchev–Trinajstić information content (AvgIpc) is 1.83. The fraction of sp³-hybridized carbons (Fsp3) is 0.800. The molecule has 0 aliphatic rings.